The smallest absolute Gasteiger partial charge is 0.227 e. The van der Waals surface area contributed by atoms with Crippen LogP contribution in [0.2, 0.25) is 0 Å². The third-order valence-corrected chi connectivity index (χ3v) is 6.07. The number of fused-ring (bicyclic) bond motifs is 2. The van der Waals surface area contributed by atoms with Crippen molar-refractivity contribution in [1.82, 2.24) is 14.9 Å². The number of benzene rings is 3. The topological polar surface area (TPSA) is 61.0 Å². The molecule has 30 heavy (non-hydrogen) atoms. The van der Waals surface area contributed by atoms with Crippen LogP contribution in [0.4, 0.5) is 5.69 Å². The molecule has 1 aromatic heterocycles. The van der Waals surface area contributed by atoms with Crippen LogP contribution in [-0.2, 0) is 11.3 Å². The molecule has 0 spiro atoms. The van der Waals surface area contributed by atoms with Gasteiger partial charge in [-0.25, -0.2) is 4.98 Å². The number of nitrogens with one attached hydrogen (secondary N) is 2. The number of amides is 1. The Morgan fingerprint density at radius 2 is 1.90 bits per heavy atom. The minimum atomic E-state index is 0.0542. The zero-order valence-corrected chi connectivity index (χ0v) is 17.2. The van der Waals surface area contributed by atoms with Gasteiger partial charge in [0.15, 0.2) is 0 Å². The lowest BCUT2D eigenvalue weighted by molar-refractivity contribution is -0.121. The molecule has 2 N–H and O–H groups in total. The molecule has 1 fully saturated rings. The number of aromatic nitrogens is 2. The Bertz CT molecular complexity index is 1200. The predicted octanol–water partition coefficient (Wildman–Crippen LogP) is 4.88. The standard InChI is InChI=1S/C25H26N4O/c1-17-9-10-22-23(15-17)27-24(26-22)16-29-13-11-19(12-14-29)25(30)28-21-8-4-6-18-5-2-3-7-20(18)21/h2-10,15,19H,11-14,16H2,1H3,(H,26,27)(H,28,30). The fourth-order valence-corrected chi connectivity index (χ4v) is 4.39. The van der Waals surface area contributed by atoms with Crippen LogP contribution in [0.3, 0.4) is 0 Å². The number of carbonyl (C=O) groups excluding carboxylic acids is 1. The quantitative estimate of drug-likeness (QED) is 0.515. The van der Waals surface area contributed by atoms with E-state index in [1.807, 2.05) is 24.3 Å². The van der Waals surface area contributed by atoms with Gasteiger partial charge >= 0.3 is 0 Å². The zero-order chi connectivity index (χ0) is 20.5. The molecule has 0 unspecified atom stereocenters. The average Bonchev–Trinajstić information content (AvgIpc) is 3.16. The van der Waals surface area contributed by atoms with E-state index in [2.05, 4.69) is 58.5 Å². The summed E-state index contributed by atoms with van der Waals surface area (Å²) in [5, 5.41) is 5.40. The van der Waals surface area contributed by atoms with E-state index in [-0.39, 0.29) is 11.8 Å². The fraction of sp³-hybridized carbons (Fsp3) is 0.280. The summed E-state index contributed by atoms with van der Waals surface area (Å²) >= 11 is 0. The number of carbonyl (C=O) groups is 1. The number of hydrogen-bond donors (Lipinski definition) is 2. The molecule has 0 saturated carbocycles. The summed E-state index contributed by atoms with van der Waals surface area (Å²) < 4.78 is 0. The average molecular weight is 399 g/mol. The van der Waals surface area contributed by atoms with Gasteiger partial charge in [0.1, 0.15) is 5.82 Å². The molecule has 1 amide bonds. The van der Waals surface area contributed by atoms with Gasteiger partial charge in [-0.1, -0.05) is 42.5 Å². The third kappa shape index (κ3) is 3.81. The molecule has 0 bridgehead atoms. The van der Waals surface area contributed by atoms with Crippen molar-refractivity contribution in [3.05, 3.63) is 72.1 Å². The van der Waals surface area contributed by atoms with Crippen LogP contribution in [-0.4, -0.2) is 33.9 Å². The number of hydrogen-bond acceptors (Lipinski definition) is 3. The van der Waals surface area contributed by atoms with Gasteiger partial charge in [-0.15, -0.1) is 0 Å². The van der Waals surface area contributed by atoms with E-state index in [0.717, 1.165) is 65.8 Å². The largest absolute Gasteiger partial charge is 0.341 e. The molecule has 1 saturated heterocycles. The molecular formula is C25H26N4O. The minimum Gasteiger partial charge on any atom is -0.341 e. The number of piperidine rings is 1. The van der Waals surface area contributed by atoms with Crippen LogP contribution in [0.15, 0.2) is 60.7 Å². The van der Waals surface area contributed by atoms with E-state index in [1.54, 1.807) is 0 Å². The fourth-order valence-electron chi connectivity index (χ4n) is 4.39. The Hall–Kier alpha value is -3.18. The summed E-state index contributed by atoms with van der Waals surface area (Å²) in [6, 6.07) is 20.5. The monoisotopic (exact) mass is 398 g/mol. The van der Waals surface area contributed by atoms with Crippen molar-refractivity contribution >= 4 is 33.4 Å². The summed E-state index contributed by atoms with van der Waals surface area (Å²) in [6.45, 7) is 4.70. The van der Waals surface area contributed by atoms with E-state index < -0.39 is 0 Å². The molecule has 5 heteroatoms. The van der Waals surface area contributed by atoms with Crippen molar-refractivity contribution in [2.75, 3.05) is 18.4 Å². The molecule has 0 atom stereocenters. The normalized spacial score (nSPS) is 15.6. The van der Waals surface area contributed by atoms with Crippen molar-refractivity contribution in [2.24, 2.45) is 5.92 Å². The summed E-state index contributed by atoms with van der Waals surface area (Å²) in [6.07, 6.45) is 1.74. The highest BCUT2D eigenvalue weighted by atomic mass is 16.1. The predicted molar refractivity (Wildman–Crippen MR) is 121 cm³/mol. The molecule has 0 radical (unpaired) electrons. The summed E-state index contributed by atoms with van der Waals surface area (Å²) in [5.41, 5.74) is 4.24. The van der Waals surface area contributed by atoms with Crippen molar-refractivity contribution in [1.29, 1.82) is 0 Å². The van der Waals surface area contributed by atoms with E-state index in [0.29, 0.717) is 0 Å². The lowest BCUT2D eigenvalue weighted by Gasteiger charge is -2.30. The molecule has 152 valence electrons. The van der Waals surface area contributed by atoms with Crippen LogP contribution in [0.5, 0.6) is 0 Å². The highest BCUT2D eigenvalue weighted by Gasteiger charge is 2.25. The molecule has 5 rings (SSSR count). The first-order valence-electron chi connectivity index (χ1n) is 10.6. The number of rotatable bonds is 4. The first kappa shape index (κ1) is 18.8. The number of imidazole rings is 1. The molecule has 0 aliphatic carbocycles. The molecule has 1 aliphatic heterocycles. The third-order valence-electron chi connectivity index (χ3n) is 6.07. The Kier molecular flexibility index (Phi) is 4.97. The van der Waals surface area contributed by atoms with Crippen molar-refractivity contribution < 1.29 is 4.79 Å². The summed E-state index contributed by atoms with van der Waals surface area (Å²) in [5.74, 6) is 1.18. The Morgan fingerprint density at radius 3 is 2.77 bits per heavy atom. The number of anilines is 1. The van der Waals surface area contributed by atoms with E-state index in [9.17, 15) is 4.79 Å². The molecule has 5 nitrogen and oxygen atoms in total. The van der Waals surface area contributed by atoms with Crippen LogP contribution in [0.1, 0.15) is 24.2 Å². The van der Waals surface area contributed by atoms with Crippen LogP contribution in [0, 0.1) is 12.8 Å². The second kappa shape index (κ2) is 7.92. The summed E-state index contributed by atoms with van der Waals surface area (Å²) in [7, 11) is 0. The summed E-state index contributed by atoms with van der Waals surface area (Å²) in [4.78, 5) is 23.4. The maximum absolute atomic E-state index is 12.9. The number of aromatic amines is 1. The van der Waals surface area contributed by atoms with Crippen molar-refractivity contribution in [2.45, 2.75) is 26.3 Å². The van der Waals surface area contributed by atoms with Crippen molar-refractivity contribution in [3.63, 3.8) is 0 Å². The van der Waals surface area contributed by atoms with Crippen LogP contribution in [0.25, 0.3) is 21.8 Å². The van der Waals surface area contributed by atoms with Gasteiger partial charge in [-0.2, -0.15) is 0 Å². The Balaban J connectivity index is 1.20. The molecule has 1 aliphatic rings. The first-order valence-corrected chi connectivity index (χ1v) is 10.6. The number of likely N-dealkylation sites (tertiary alicyclic amines) is 1. The molecular weight excluding hydrogens is 372 g/mol. The van der Waals surface area contributed by atoms with E-state index >= 15 is 0 Å². The first-order chi connectivity index (χ1) is 14.7. The van der Waals surface area contributed by atoms with Gasteiger partial charge in [0.05, 0.1) is 17.6 Å². The Labute approximate surface area is 176 Å². The van der Waals surface area contributed by atoms with E-state index in [4.69, 9.17) is 4.98 Å². The van der Waals surface area contributed by atoms with Gasteiger partial charge in [-0.05, 0) is 62.0 Å². The highest BCUT2D eigenvalue weighted by Crippen LogP contribution is 2.26. The molecule has 4 aromatic rings. The highest BCUT2D eigenvalue weighted by molar-refractivity contribution is 6.02. The second-order valence-corrected chi connectivity index (χ2v) is 8.27. The maximum atomic E-state index is 12.9. The van der Waals surface area contributed by atoms with Gasteiger partial charge in [0.2, 0.25) is 5.91 Å². The molecule has 2 heterocycles. The second-order valence-electron chi connectivity index (χ2n) is 8.27. The Morgan fingerprint density at radius 1 is 1.10 bits per heavy atom. The lowest BCUT2D eigenvalue weighted by atomic mass is 9.95. The number of aryl methyl sites for hydroxylation is 1. The van der Waals surface area contributed by atoms with Crippen molar-refractivity contribution in [3.8, 4) is 0 Å². The lowest BCUT2D eigenvalue weighted by Crippen LogP contribution is -2.38. The van der Waals surface area contributed by atoms with Gasteiger partial charge in [0, 0.05) is 17.0 Å². The maximum Gasteiger partial charge on any atom is 0.227 e. The number of H-pyrrole nitrogens is 1. The van der Waals surface area contributed by atoms with Gasteiger partial charge in [-0.3, -0.25) is 9.69 Å². The zero-order valence-electron chi connectivity index (χ0n) is 17.2. The van der Waals surface area contributed by atoms with Gasteiger partial charge in [0.25, 0.3) is 0 Å². The van der Waals surface area contributed by atoms with Gasteiger partial charge < -0.3 is 10.3 Å². The van der Waals surface area contributed by atoms with Crippen LogP contribution >= 0.6 is 0 Å². The van der Waals surface area contributed by atoms with Crippen LogP contribution < -0.4 is 5.32 Å². The molecule has 3 aromatic carbocycles. The van der Waals surface area contributed by atoms with E-state index in [1.165, 1.54) is 5.56 Å². The number of nitrogens with zero attached hydrogens (tertiary/aromatic N) is 2. The minimum absolute atomic E-state index is 0.0542. The SMILES string of the molecule is Cc1ccc2nc(CN3CCC(C(=O)Nc4cccc5ccccc45)CC3)[nH]c2c1.